The van der Waals surface area contributed by atoms with Crippen LogP contribution in [0, 0.1) is 11.8 Å². The molecule has 2 nitrogen and oxygen atoms in total. The van der Waals surface area contributed by atoms with Gasteiger partial charge in [0.2, 0.25) is 0 Å². The molecular weight excluding hydrogens is 127 g/mol. The summed E-state index contributed by atoms with van der Waals surface area (Å²) in [4.78, 5) is 0. The first-order valence-corrected chi connectivity index (χ1v) is 3.82. The summed E-state index contributed by atoms with van der Waals surface area (Å²) in [7, 11) is -1.10. The standard InChI is InChI=1S/C7H11BO2/c9-8(10)7-4-5-1-2-6(7)3-5/h1-2,5-7,9-10H,3-4H2. The van der Waals surface area contributed by atoms with Gasteiger partial charge in [0.25, 0.3) is 0 Å². The van der Waals surface area contributed by atoms with Gasteiger partial charge in [-0.05, 0) is 24.7 Å². The van der Waals surface area contributed by atoms with E-state index in [0.717, 1.165) is 12.8 Å². The van der Waals surface area contributed by atoms with Crippen molar-refractivity contribution in [3.63, 3.8) is 0 Å². The summed E-state index contributed by atoms with van der Waals surface area (Å²) in [6.45, 7) is 0. The van der Waals surface area contributed by atoms with Crippen molar-refractivity contribution in [1.82, 2.24) is 0 Å². The molecule has 0 aromatic carbocycles. The molecule has 2 bridgehead atoms. The van der Waals surface area contributed by atoms with Gasteiger partial charge in [0.1, 0.15) is 0 Å². The molecule has 2 N–H and O–H groups in total. The first kappa shape index (κ1) is 6.44. The number of hydrogen-bond acceptors (Lipinski definition) is 2. The van der Waals surface area contributed by atoms with Crippen LogP contribution in [0.3, 0.4) is 0 Å². The molecule has 0 aromatic rings. The molecule has 2 rings (SSSR count). The van der Waals surface area contributed by atoms with Crippen molar-refractivity contribution < 1.29 is 10.0 Å². The Bertz CT molecular complexity index is 167. The Labute approximate surface area is 60.7 Å². The molecule has 0 amide bonds. The van der Waals surface area contributed by atoms with Crippen LogP contribution in [0.1, 0.15) is 12.8 Å². The highest BCUT2D eigenvalue weighted by atomic mass is 16.4. The third-order valence-corrected chi connectivity index (χ3v) is 2.71. The lowest BCUT2D eigenvalue weighted by Crippen LogP contribution is -2.23. The van der Waals surface area contributed by atoms with Gasteiger partial charge in [0.05, 0.1) is 0 Å². The molecule has 3 atom stereocenters. The lowest BCUT2D eigenvalue weighted by Gasteiger charge is -2.15. The zero-order valence-electron chi connectivity index (χ0n) is 5.77. The summed E-state index contributed by atoms with van der Waals surface area (Å²) >= 11 is 0. The van der Waals surface area contributed by atoms with Crippen molar-refractivity contribution >= 4 is 7.12 Å². The Morgan fingerprint density at radius 1 is 1.20 bits per heavy atom. The smallest absolute Gasteiger partial charge is 0.427 e. The molecule has 0 spiro atoms. The summed E-state index contributed by atoms with van der Waals surface area (Å²) in [5.41, 5.74) is 0. The molecule has 0 heterocycles. The zero-order chi connectivity index (χ0) is 7.14. The van der Waals surface area contributed by atoms with Gasteiger partial charge in [-0.15, -0.1) is 0 Å². The highest BCUT2D eigenvalue weighted by Crippen LogP contribution is 2.47. The van der Waals surface area contributed by atoms with E-state index in [1.807, 2.05) is 0 Å². The summed E-state index contributed by atoms with van der Waals surface area (Å²) in [6.07, 6.45) is 6.43. The molecule has 54 valence electrons. The van der Waals surface area contributed by atoms with Crippen molar-refractivity contribution in [3.8, 4) is 0 Å². The Morgan fingerprint density at radius 2 is 2.00 bits per heavy atom. The van der Waals surface area contributed by atoms with Crippen molar-refractivity contribution in [2.45, 2.75) is 18.7 Å². The zero-order valence-corrected chi connectivity index (χ0v) is 5.77. The highest BCUT2D eigenvalue weighted by Gasteiger charge is 2.41. The van der Waals surface area contributed by atoms with Gasteiger partial charge < -0.3 is 10.0 Å². The van der Waals surface area contributed by atoms with Gasteiger partial charge in [-0.3, -0.25) is 0 Å². The van der Waals surface area contributed by atoms with E-state index in [1.165, 1.54) is 0 Å². The average Bonchev–Trinajstić information content (AvgIpc) is 2.44. The number of allylic oxidation sites excluding steroid dienone is 2. The normalized spacial score (nSPS) is 42.8. The quantitative estimate of drug-likeness (QED) is 0.407. The molecule has 3 unspecified atom stereocenters. The average molecular weight is 138 g/mol. The highest BCUT2D eigenvalue weighted by molar-refractivity contribution is 6.43. The van der Waals surface area contributed by atoms with Crippen LogP contribution < -0.4 is 0 Å². The number of rotatable bonds is 1. The number of fused-ring (bicyclic) bond motifs is 2. The largest absolute Gasteiger partial charge is 0.455 e. The monoisotopic (exact) mass is 138 g/mol. The molecular formula is C7H11BO2. The summed E-state index contributed by atoms with van der Waals surface area (Å²) in [5.74, 6) is 1.21. The van der Waals surface area contributed by atoms with Gasteiger partial charge in [0.15, 0.2) is 0 Å². The molecule has 3 heteroatoms. The van der Waals surface area contributed by atoms with E-state index < -0.39 is 7.12 Å². The van der Waals surface area contributed by atoms with Gasteiger partial charge in [0, 0.05) is 5.82 Å². The Kier molecular flexibility index (Phi) is 1.36. The Morgan fingerprint density at radius 3 is 2.30 bits per heavy atom. The van der Waals surface area contributed by atoms with E-state index in [0.29, 0.717) is 11.8 Å². The summed E-state index contributed by atoms with van der Waals surface area (Å²) in [6, 6.07) is 0. The molecule has 0 aromatic heterocycles. The molecule has 0 radical (unpaired) electrons. The van der Waals surface area contributed by atoms with Crippen molar-refractivity contribution in [2.24, 2.45) is 11.8 Å². The predicted molar refractivity (Wildman–Crippen MR) is 39.3 cm³/mol. The summed E-state index contributed by atoms with van der Waals surface area (Å²) in [5, 5.41) is 17.8. The summed E-state index contributed by atoms with van der Waals surface area (Å²) < 4.78 is 0. The van der Waals surface area contributed by atoms with Crippen LogP contribution in [-0.4, -0.2) is 17.2 Å². The Balaban J connectivity index is 2.09. The maximum Gasteiger partial charge on any atom is 0.455 e. The van der Waals surface area contributed by atoms with Gasteiger partial charge in [-0.2, -0.15) is 0 Å². The SMILES string of the molecule is OB(O)C1CC2C=CC1C2. The second-order valence-electron chi connectivity index (χ2n) is 3.36. The van der Waals surface area contributed by atoms with Gasteiger partial charge in [-0.25, -0.2) is 0 Å². The molecule has 0 saturated heterocycles. The van der Waals surface area contributed by atoms with E-state index in [-0.39, 0.29) is 5.82 Å². The van der Waals surface area contributed by atoms with Crippen LogP contribution >= 0.6 is 0 Å². The number of hydrogen-bond donors (Lipinski definition) is 2. The van der Waals surface area contributed by atoms with Crippen molar-refractivity contribution in [3.05, 3.63) is 12.2 Å². The first-order chi connectivity index (χ1) is 4.77. The predicted octanol–water partition coefficient (Wildman–Crippen LogP) is 0.425. The minimum absolute atomic E-state index is 0.120. The second-order valence-corrected chi connectivity index (χ2v) is 3.36. The van der Waals surface area contributed by atoms with Gasteiger partial charge in [-0.1, -0.05) is 12.2 Å². The van der Waals surface area contributed by atoms with E-state index in [9.17, 15) is 0 Å². The van der Waals surface area contributed by atoms with Crippen molar-refractivity contribution in [1.29, 1.82) is 0 Å². The van der Waals surface area contributed by atoms with Gasteiger partial charge >= 0.3 is 7.12 Å². The fraction of sp³-hybridized carbons (Fsp3) is 0.714. The topological polar surface area (TPSA) is 40.5 Å². The van der Waals surface area contributed by atoms with Crippen LogP contribution in [0.25, 0.3) is 0 Å². The molecule has 0 aliphatic heterocycles. The van der Waals surface area contributed by atoms with E-state index in [1.54, 1.807) is 0 Å². The van der Waals surface area contributed by atoms with E-state index >= 15 is 0 Å². The van der Waals surface area contributed by atoms with Crippen LogP contribution in [0.15, 0.2) is 12.2 Å². The van der Waals surface area contributed by atoms with Crippen LogP contribution in [-0.2, 0) is 0 Å². The molecule has 10 heavy (non-hydrogen) atoms. The maximum absolute atomic E-state index is 8.90. The second kappa shape index (κ2) is 2.11. The fourth-order valence-corrected chi connectivity index (χ4v) is 2.17. The molecule has 1 saturated carbocycles. The molecule has 2 aliphatic carbocycles. The van der Waals surface area contributed by atoms with E-state index in [2.05, 4.69) is 12.2 Å². The fourth-order valence-electron chi connectivity index (χ4n) is 2.17. The molecule has 1 fully saturated rings. The lowest BCUT2D eigenvalue weighted by atomic mass is 9.66. The third-order valence-electron chi connectivity index (χ3n) is 2.71. The first-order valence-electron chi connectivity index (χ1n) is 3.82. The van der Waals surface area contributed by atoms with Crippen LogP contribution in [0.2, 0.25) is 5.82 Å². The molecule has 2 aliphatic rings. The Hall–Kier alpha value is -0.275. The van der Waals surface area contributed by atoms with Crippen molar-refractivity contribution in [2.75, 3.05) is 0 Å². The third kappa shape index (κ3) is 0.813. The van der Waals surface area contributed by atoms with E-state index in [4.69, 9.17) is 10.0 Å². The maximum atomic E-state index is 8.90. The lowest BCUT2D eigenvalue weighted by molar-refractivity contribution is 0.371. The minimum atomic E-state index is -1.10. The van der Waals surface area contributed by atoms with Crippen LogP contribution in [0.4, 0.5) is 0 Å². The van der Waals surface area contributed by atoms with Crippen LogP contribution in [0.5, 0.6) is 0 Å². The minimum Gasteiger partial charge on any atom is -0.427 e.